The molecule has 0 heterocycles. The highest BCUT2D eigenvalue weighted by Gasteiger charge is 2.36. The van der Waals surface area contributed by atoms with Gasteiger partial charge in [0, 0.05) is 5.69 Å². The van der Waals surface area contributed by atoms with Crippen molar-refractivity contribution in [2.45, 2.75) is 44.9 Å². The van der Waals surface area contributed by atoms with Gasteiger partial charge in [-0.05, 0) is 81.2 Å². The van der Waals surface area contributed by atoms with E-state index >= 15 is 0 Å². The van der Waals surface area contributed by atoms with Gasteiger partial charge in [0.15, 0.2) is 0 Å². The lowest BCUT2D eigenvalue weighted by Gasteiger charge is -2.33. The number of anilines is 1. The Balaban J connectivity index is 2.47. The molecule has 3 N–H and O–H groups in total. The molecule has 0 aliphatic heterocycles. The molecule has 3 amide bonds. The van der Waals surface area contributed by atoms with Gasteiger partial charge in [-0.15, -0.1) is 0 Å². The first-order chi connectivity index (χ1) is 18.0. The second-order valence-corrected chi connectivity index (χ2v) is 10.3. The van der Waals surface area contributed by atoms with Gasteiger partial charge in [0.25, 0.3) is 5.91 Å². The van der Waals surface area contributed by atoms with E-state index in [4.69, 9.17) is 9.47 Å². The Bertz CT molecular complexity index is 1140. The van der Waals surface area contributed by atoms with Gasteiger partial charge in [-0.25, -0.2) is 4.79 Å². The van der Waals surface area contributed by atoms with Crippen molar-refractivity contribution in [3.63, 3.8) is 0 Å². The summed E-state index contributed by atoms with van der Waals surface area (Å²) >= 11 is 1.48. The summed E-state index contributed by atoms with van der Waals surface area (Å²) in [5.74, 6) is -0.227. The van der Waals surface area contributed by atoms with Gasteiger partial charge in [-0.1, -0.05) is 12.1 Å². The van der Waals surface area contributed by atoms with Crippen molar-refractivity contribution in [1.29, 1.82) is 5.26 Å². The molecule has 0 radical (unpaired) electrons. The third-order valence-corrected chi connectivity index (χ3v) is 5.87. The molecular formula is C27H34N4O6S. The van der Waals surface area contributed by atoms with Crippen LogP contribution in [0.3, 0.4) is 0 Å². The van der Waals surface area contributed by atoms with Crippen molar-refractivity contribution in [2.24, 2.45) is 0 Å². The Hall–Kier alpha value is -3.91. The van der Waals surface area contributed by atoms with E-state index < -0.39 is 42.1 Å². The normalized spacial score (nSPS) is 12.4. The predicted octanol–water partition coefficient (Wildman–Crippen LogP) is 4.08. The molecule has 2 rings (SSSR count). The van der Waals surface area contributed by atoms with Gasteiger partial charge in [0.05, 0.1) is 13.2 Å². The van der Waals surface area contributed by atoms with Crippen molar-refractivity contribution in [2.75, 3.05) is 31.0 Å². The van der Waals surface area contributed by atoms with Crippen molar-refractivity contribution < 1.29 is 29.0 Å². The van der Waals surface area contributed by atoms with Crippen LogP contribution in [0.25, 0.3) is 0 Å². The summed E-state index contributed by atoms with van der Waals surface area (Å²) in [5.41, 5.74) is -0.0529. The molecule has 2 unspecified atom stereocenters. The number of thioether (sulfide) groups is 1. The zero-order valence-electron chi connectivity index (χ0n) is 22.2. The summed E-state index contributed by atoms with van der Waals surface area (Å²) in [4.78, 5) is 41.0. The highest BCUT2D eigenvalue weighted by molar-refractivity contribution is 7.98. The molecule has 10 nitrogen and oxygen atoms in total. The minimum atomic E-state index is -1.28. The average molecular weight is 543 g/mol. The quantitative estimate of drug-likeness (QED) is 0.361. The number of alkyl carbamates (subject to hydrolysis) is 1. The molecule has 0 saturated heterocycles. The topological polar surface area (TPSA) is 141 Å². The first-order valence-electron chi connectivity index (χ1n) is 11.9. The summed E-state index contributed by atoms with van der Waals surface area (Å²) < 4.78 is 10.5. The van der Waals surface area contributed by atoms with Crippen LogP contribution in [-0.4, -0.2) is 65.2 Å². The zero-order chi connectivity index (χ0) is 28.3. The number of phenolic OH excluding ortho intramolecular Hbond substituents is 1. The van der Waals surface area contributed by atoms with Crippen molar-refractivity contribution in [3.8, 4) is 17.6 Å². The molecule has 204 valence electrons. The van der Waals surface area contributed by atoms with Crippen molar-refractivity contribution in [3.05, 3.63) is 54.1 Å². The van der Waals surface area contributed by atoms with E-state index in [1.165, 1.54) is 37.1 Å². The lowest BCUT2D eigenvalue weighted by atomic mass is 10.0. The number of phenols is 1. The van der Waals surface area contributed by atoms with E-state index in [0.29, 0.717) is 22.8 Å². The maximum Gasteiger partial charge on any atom is 0.408 e. The standard InChI is InChI=1S/C27H34N4O6S/c1-27(2,3)37-26(35)30-22(13-16-38-5)25(34)31(15-14-28)23(18-7-6-8-20(32)17-18)24(33)29-19-9-11-21(36-4)12-10-19/h6-12,17,22-23,32H,13,15-16H2,1-5H3,(H,29,33)(H,30,35). The molecule has 2 atom stereocenters. The first kappa shape index (κ1) is 30.3. The lowest BCUT2D eigenvalue weighted by molar-refractivity contribution is -0.140. The molecule has 11 heteroatoms. The highest BCUT2D eigenvalue weighted by Crippen LogP contribution is 2.27. The van der Waals surface area contributed by atoms with E-state index in [-0.39, 0.29) is 12.2 Å². The van der Waals surface area contributed by atoms with E-state index in [9.17, 15) is 24.8 Å². The van der Waals surface area contributed by atoms with Crippen LogP contribution in [-0.2, 0) is 14.3 Å². The van der Waals surface area contributed by atoms with E-state index in [2.05, 4.69) is 10.6 Å². The highest BCUT2D eigenvalue weighted by atomic mass is 32.2. The summed E-state index contributed by atoms with van der Waals surface area (Å²) in [6.45, 7) is 4.67. The summed E-state index contributed by atoms with van der Waals surface area (Å²) in [6.07, 6.45) is 1.32. The van der Waals surface area contributed by atoms with Crippen LogP contribution in [0.15, 0.2) is 48.5 Å². The SMILES string of the molecule is COc1ccc(NC(=O)C(c2cccc(O)c2)N(CC#N)C(=O)C(CCSC)NC(=O)OC(C)(C)C)cc1. The smallest absolute Gasteiger partial charge is 0.408 e. The van der Waals surface area contributed by atoms with Crippen LogP contribution in [0.2, 0.25) is 0 Å². The zero-order valence-corrected chi connectivity index (χ0v) is 23.0. The maximum absolute atomic E-state index is 13.8. The maximum atomic E-state index is 13.8. The number of hydrogen-bond donors (Lipinski definition) is 3. The molecular weight excluding hydrogens is 508 g/mol. The number of nitrogens with one attached hydrogen (secondary N) is 2. The Kier molecular flexibility index (Phi) is 11.3. The van der Waals surface area contributed by atoms with E-state index in [1.807, 2.05) is 12.3 Å². The van der Waals surface area contributed by atoms with E-state index in [0.717, 1.165) is 4.90 Å². The van der Waals surface area contributed by atoms with Crippen LogP contribution < -0.4 is 15.4 Å². The number of benzene rings is 2. The largest absolute Gasteiger partial charge is 0.508 e. The Morgan fingerprint density at radius 3 is 2.39 bits per heavy atom. The van der Waals surface area contributed by atoms with Gasteiger partial charge in [-0.2, -0.15) is 17.0 Å². The molecule has 0 aliphatic carbocycles. The number of nitrogens with zero attached hydrogens (tertiary/aromatic N) is 2. The molecule has 38 heavy (non-hydrogen) atoms. The molecule has 2 aromatic carbocycles. The molecule has 0 bridgehead atoms. The number of methoxy groups -OCH3 is 1. The number of rotatable bonds is 11. The van der Waals surface area contributed by atoms with Gasteiger partial charge in [0.1, 0.15) is 35.7 Å². The predicted molar refractivity (Wildman–Crippen MR) is 146 cm³/mol. The van der Waals surface area contributed by atoms with Crippen molar-refractivity contribution in [1.82, 2.24) is 10.2 Å². The number of ether oxygens (including phenoxy) is 2. The fraction of sp³-hybridized carbons (Fsp3) is 0.407. The number of carbonyl (C=O) groups excluding carboxylic acids is 3. The second kappa shape index (κ2) is 14.1. The van der Waals surface area contributed by atoms with Crippen LogP contribution in [0.1, 0.15) is 38.8 Å². The third kappa shape index (κ3) is 9.19. The summed E-state index contributed by atoms with van der Waals surface area (Å²) in [5, 5.41) is 25.1. The second-order valence-electron chi connectivity index (χ2n) is 9.32. The Labute approximate surface area is 227 Å². The Morgan fingerprint density at radius 1 is 1.16 bits per heavy atom. The summed E-state index contributed by atoms with van der Waals surface area (Å²) in [7, 11) is 1.52. The van der Waals surface area contributed by atoms with Crippen LogP contribution in [0, 0.1) is 11.3 Å². The average Bonchev–Trinajstić information content (AvgIpc) is 2.85. The monoisotopic (exact) mass is 542 g/mol. The molecule has 2 aromatic rings. The molecule has 0 fully saturated rings. The van der Waals surface area contributed by atoms with Gasteiger partial charge in [-0.3, -0.25) is 9.59 Å². The summed E-state index contributed by atoms with van der Waals surface area (Å²) in [6, 6.07) is 12.1. The molecule has 0 aliphatic rings. The molecule has 0 spiro atoms. The number of hydrogen-bond acceptors (Lipinski definition) is 8. The van der Waals surface area contributed by atoms with Gasteiger partial charge >= 0.3 is 6.09 Å². The van der Waals surface area contributed by atoms with E-state index in [1.54, 1.807) is 51.1 Å². The number of nitriles is 1. The van der Waals surface area contributed by atoms with Crippen LogP contribution >= 0.6 is 11.8 Å². The fourth-order valence-electron chi connectivity index (χ4n) is 3.57. The minimum Gasteiger partial charge on any atom is -0.508 e. The Morgan fingerprint density at radius 2 is 1.84 bits per heavy atom. The van der Waals surface area contributed by atoms with Gasteiger partial charge in [0.2, 0.25) is 5.91 Å². The number of carbonyl (C=O) groups is 3. The minimum absolute atomic E-state index is 0.111. The number of aromatic hydroxyl groups is 1. The first-order valence-corrected chi connectivity index (χ1v) is 13.3. The third-order valence-electron chi connectivity index (χ3n) is 5.23. The van der Waals surface area contributed by atoms with Crippen molar-refractivity contribution >= 4 is 35.4 Å². The lowest BCUT2D eigenvalue weighted by Crippen LogP contribution is -2.52. The van der Waals surface area contributed by atoms with Gasteiger partial charge < -0.3 is 30.1 Å². The van der Waals surface area contributed by atoms with Crippen LogP contribution in [0.5, 0.6) is 11.5 Å². The molecule has 0 saturated carbocycles. The molecule has 0 aromatic heterocycles. The number of amides is 3. The van der Waals surface area contributed by atoms with Crippen LogP contribution in [0.4, 0.5) is 10.5 Å². The fourth-order valence-corrected chi connectivity index (χ4v) is 4.04.